The van der Waals surface area contributed by atoms with E-state index in [0.29, 0.717) is 13.2 Å². The highest BCUT2D eigenvalue weighted by atomic mass is 16.6. The molecule has 1 aliphatic heterocycles. The third-order valence-corrected chi connectivity index (χ3v) is 4.16. The molecule has 0 unspecified atom stereocenters. The summed E-state index contributed by atoms with van der Waals surface area (Å²) in [6.07, 6.45) is 0.408. The van der Waals surface area contributed by atoms with Crippen molar-refractivity contribution in [2.24, 2.45) is 5.16 Å². The van der Waals surface area contributed by atoms with E-state index in [1.165, 1.54) is 0 Å². The zero-order valence-electron chi connectivity index (χ0n) is 15.6. The molecule has 6 heteroatoms. The van der Waals surface area contributed by atoms with Gasteiger partial charge in [0.2, 0.25) is 0 Å². The molecule has 1 aromatic rings. The second kappa shape index (κ2) is 9.75. The first-order chi connectivity index (χ1) is 12.0. The van der Waals surface area contributed by atoms with Gasteiger partial charge >= 0.3 is 0 Å². The minimum absolute atomic E-state index is 0.00951. The molecule has 0 amide bonds. The van der Waals surface area contributed by atoms with Gasteiger partial charge in [-0.05, 0) is 50.2 Å². The number of likely N-dealkylation sites (N-methyl/N-ethyl adjacent to an activating group) is 1. The van der Waals surface area contributed by atoms with Crippen molar-refractivity contribution in [2.75, 3.05) is 33.4 Å². The van der Waals surface area contributed by atoms with Crippen LogP contribution in [-0.2, 0) is 9.57 Å². The fourth-order valence-corrected chi connectivity index (χ4v) is 2.76. The molecule has 25 heavy (non-hydrogen) atoms. The number of aliphatic hydroxyl groups is 1. The molecule has 0 radical (unpaired) electrons. The maximum Gasteiger partial charge on any atom is 0.145 e. The summed E-state index contributed by atoms with van der Waals surface area (Å²) < 4.78 is 10.7. The topological polar surface area (TPSA) is 63.5 Å². The van der Waals surface area contributed by atoms with Crippen molar-refractivity contribution in [2.45, 2.75) is 45.5 Å². The van der Waals surface area contributed by atoms with Crippen LogP contribution in [-0.4, -0.2) is 67.4 Å². The second-order valence-corrected chi connectivity index (χ2v) is 6.59. The third-order valence-electron chi connectivity index (χ3n) is 4.16. The Morgan fingerprint density at radius 1 is 1.32 bits per heavy atom. The quantitative estimate of drug-likeness (QED) is 0.701. The lowest BCUT2D eigenvalue weighted by Gasteiger charge is -2.25. The van der Waals surface area contributed by atoms with E-state index in [1.807, 2.05) is 38.1 Å². The summed E-state index contributed by atoms with van der Waals surface area (Å²) in [5.74, 6) is 0.828. The van der Waals surface area contributed by atoms with Gasteiger partial charge in [-0.3, -0.25) is 4.90 Å². The lowest BCUT2D eigenvalue weighted by Crippen LogP contribution is -2.39. The van der Waals surface area contributed by atoms with Crippen molar-refractivity contribution in [1.29, 1.82) is 0 Å². The molecule has 1 heterocycles. The number of hydrogen-bond acceptors (Lipinski definition) is 6. The normalized spacial score (nSPS) is 18.4. The minimum Gasteiger partial charge on any atom is -0.497 e. The molecule has 6 nitrogen and oxygen atoms in total. The van der Waals surface area contributed by atoms with Crippen LogP contribution in [0.5, 0.6) is 5.75 Å². The minimum atomic E-state index is -0.495. The number of methoxy groups -OCH3 is 1. The average molecular weight is 350 g/mol. The number of oxime groups is 1. The summed E-state index contributed by atoms with van der Waals surface area (Å²) in [6.45, 7) is 8.52. The van der Waals surface area contributed by atoms with Crippen LogP contribution in [0.1, 0.15) is 32.8 Å². The summed E-state index contributed by atoms with van der Waals surface area (Å²) in [4.78, 5) is 7.76. The van der Waals surface area contributed by atoms with Gasteiger partial charge in [-0.15, -0.1) is 0 Å². The van der Waals surface area contributed by atoms with Gasteiger partial charge in [0.05, 0.1) is 31.6 Å². The van der Waals surface area contributed by atoms with Gasteiger partial charge in [0, 0.05) is 19.5 Å². The summed E-state index contributed by atoms with van der Waals surface area (Å²) >= 11 is 0. The predicted octanol–water partition coefficient (Wildman–Crippen LogP) is 2.30. The maximum absolute atomic E-state index is 10.1. The van der Waals surface area contributed by atoms with E-state index in [1.54, 1.807) is 7.11 Å². The summed E-state index contributed by atoms with van der Waals surface area (Å²) in [5, 5.41) is 14.3. The molecule has 2 atom stereocenters. The van der Waals surface area contributed by atoms with Gasteiger partial charge in [-0.2, -0.15) is 0 Å². The van der Waals surface area contributed by atoms with Crippen molar-refractivity contribution < 1.29 is 19.4 Å². The van der Waals surface area contributed by atoms with Crippen LogP contribution >= 0.6 is 0 Å². The first-order valence-electron chi connectivity index (χ1n) is 8.91. The molecule has 1 aromatic carbocycles. The maximum atomic E-state index is 10.1. The molecule has 1 aliphatic rings. The van der Waals surface area contributed by atoms with Crippen molar-refractivity contribution in [3.8, 4) is 5.75 Å². The number of benzene rings is 1. The van der Waals surface area contributed by atoms with E-state index in [9.17, 15) is 5.11 Å². The number of ether oxygens (including phenoxy) is 2. The van der Waals surface area contributed by atoms with E-state index in [4.69, 9.17) is 14.3 Å². The number of hydrogen-bond donors (Lipinski definition) is 1. The average Bonchev–Trinajstić information content (AvgIpc) is 3.08. The second-order valence-electron chi connectivity index (χ2n) is 6.59. The molecule has 0 aliphatic carbocycles. The van der Waals surface area contributed by atoms with Crippen LogP contribution < -0.4 is 4.74 Å². The van der Waals surface area contributed by atoms with Crippen molar-refractivity contribution in [3.05, 3.63) is 29.8 Å². The van der Waals surface area contributed by atoms with Gasteiger partial charge in [-0.25, -0.2) is 0 Å². The molecular weight excluding hydrogens is 320 g/mol. The highest BCUT2D eigenvalue weighted by Crippen LogP contribution is 2.20. The summed E-state index contributed by atoms with van der Waals surface area (Å²) in [5.41, 5.74) is 2.00. The lowest BCUT2D eigenvalue weighted by molar-refractivity contribution is -0.0169. The summed E-state index contributed by atoms with van der Waals surface area (Å²) in [7, 11) is 1.65. The molecule has 0 saturated carbocycles. The Kier molecular flexibility index (Phi) is 7.68. The molecular formula is C19H30N2O4. The summed E-state index contributed by atoms with van der Waals surface area (Å²) in [6, 6.07) is 7.84. The lowest BCUT2D eigenvalue weighted by atomic mass is 10.0. The Morgan fingerprint density at radius 2 is 2.04 bits per heavy atom. The zero-order valence-corrected chi connectivity index (χ0v) is 15.6. The molecule has 140 valence electrons. The number of nitrogens with zero attached hydrogens (tertiary/aromatic N) is 2. The van der Waals surface area contributed by atoms with Crippen LogP contribution in [0.2, 0.25) is 0 Å². The molecule has 0 fully saturated rings. The van der Waals surface area contributed by atoms with E-state index in [2.05, 4.69) is 17.0 Å². The van der Waals surface area contributed by atoms with Gasteiger partial charge in [0.25, 0.3) is 0 Å². The van der Waals surface area contributed by atoms with Gasteiger partial charge in [0.1, 0.15) is 11.9 Å². The van der Waals surface area contributed by atoms with Crippen molar-refractivity contribution in [1.82, 2.24) is 4.90 Å². The van der Waals surface area contributed by atoms with E-state index in [0.717, 1.165) is 36.5 Å². The number of rotatable bonds is 10. The van der Waals surface area contributed by atoms with Crippen LogP contribution in [0.15, 0.2) is 29.4 Å². The Balaban J connectivity index is 1.80. The Bertz CT molecular complexity index is 545. The Labute approximate surface area is 150 Å². The Morgan fingerprint density at radius 3 is 2.64 bits per heavy atom. The smallest absolute Gasteiger partial charge is 0.145 e. The SMILES string of the molecule is CCN(C[C@H](O)COC(C)C)C[C@H]1CC(c2ccc(OC)cc2)=NO1. The molecule has 0 spiro atoms. The fraction of sp³-hybridized carbons (Fsp3) is 0.632. The largest absolute Gasteiger partial charge is 0.497 e. The van der Waals surface area contributed by atoms with E-state index < -0.39 is 6.10 Å². The van der Waals surface area contributed by atoms with E-state index >= 15 is 0 Å². The highest BCUT2D eigenvalue weighted by Gasteiger charge is 2.25. The zero-order chi connectivity index (χ0) is 18.2. The van der Waals surface area contributed by atoms with Gasteiger partial charge in [0.15, 0.2) is 0 Å². The third kappa shape index (κ3) is 6.30. The number of aliphatic hydroxyl groups excluding tert-OH is 1. The monoisotopic (exact) mass is 350 g/mol. The van der Waals surface area contributed by atoms with Crippen molar-refractivity contribution >= 4 is 5.71 Å². The highest BCUT2D eigenvalue weighted by molar-refractivity contribution is 6.01. The van der Waals surface area contributed by atoms with Crippen molar-refractivity contribution in [3.63, 3.8) is 0 Å². The molecule has 0 saturated heterocycles. The van der Waals surface area contributed by atoms with Gasteiger partial charge < -0.3 is 19.4 Å². The first kappa shape index (κ1) is 19.7. The molecule has 2 rings (SSSR count). The molecule has 1 N–H and O–H groups in total. The van der Waals surface area contributed by atoms with E-state index in [-0.39, 0.29) is 12.2 Å². The molecule has 0 bridgehead atoms. The fourth-order valence-electron chi connectivity index (χ4n) is 2.76. The van der Waals surface area contributed by atoms with Crippen LogP contribution in [0.4, 0.5) is 0 Å². The van der Waals surface area contributed by atoms with Crippen LogP contribution in [0.3, 0.4) is 0 Å². The van der Waals surface area contributed by atoms with Crippen LogP contribution in [0, 0.1) is 0 Å². The Hall–Kier alpha value is -1.63. The molecule has 0 aromatic heterocycles. The first-order valence-corrected chi connectivity index (χ1v) is 8.91. The van der Waals surface area contributed by atoms with Crippen LogP contribution in [0.25, 0.3) is 0 Å². The standard InChI is InChI=1S/C19H30N2O4/c1-5-21(11-16(22)13-24-14(2)3)12-18-10-19(20-25-18)15-6-8-17(23-4)9-7-15/h6-9,14,16,18,22H,5,10-13H2,1-4H3/t16-,18+/m0/s1. The van der Waals surface area contributed by atoms with Gasteiger partial charge in [-0.1, -0.05) is 12.1 Å². The predicted molar refractivity (Wildman–Crippen MR) is 98.2 cm³/mol.